The molecule has 0 aromatic heterocycles. The minimum Gasteiger partial charge on any atom is -0.398 e. The van der Waals surface area contributed by atoms with Gasteiger partial charge in [-0.15, -0.1) is 0 Å². The highest BCUT2D eigenvalue weighted by molar-refractivity contribution is 8.76. The highest BCUT2D eigenvalue weighted by Gasteiger charge is 2.10. The van der Waals surface area contributed by atoms with Crippen molar-refractivity contribution >= 4 is 54.5 Å². The normalized spacial score (nSPS) is 11.2. The van der Waals surface area contributed by atoms with Gasteiger partial charge in [-0.25, -0.2) is 0 Å². The van der Waals surface area contributed by atoms with Gasteiger partial charge in [0.25, 0.3) is 0 Å². The third-order valence-corrected chi connectivity index (χ3v) is 6.59. The van der Waals surface area contributed by atoms with E-state index in [1.165, 1.54) is 10.8 Å². The molecular formula is C20H16N2S2. The Labute approximate surface area is 148 Å². The van der Waals surface area contributed by atoms with Crippen LogP contribution in [0.1, 0.15) is 0 Å². The molecule has 4 N–H and O–H groups in total. The number of rotatable bonds is 3. The third kappa shape index (κ3) is 2.68. The van der Waals surface area contributed by atoms with E-state index >= 15 is 0 Å². The Hall–Kier alpha value is -2.30. The van der Waals surface area contributed by atoms with Crippen LogP contribution in [0.3, 0.4) is 0 Å². The van der Waals surface area contributed by atoms with Crippen LogP contribution in [0.4, 0.5) is 11.4 Å². The van der Waals surface area contributed by atoms with Gasteiger partial charge in [-0.05, 0) is 39.1 Å². The minimum atomic E-state index is 0.797. The third-order valence-electron chi connectivity index (χ3n) is 4.06. The smallest absolute Gasteiger partial charge is 0.0540 e. The molecule has 0 radical (unpaired) electrons. The predicted molar refractivity (Wildman–Crippen MR) is 108 cm³/mol. The second kappa shape index (κ2) is 6.30. The van der Waals surface area contributed by atoms with Crippen LogP contribution in [0.25, 0.3) is 21.5 Å². The fraction of sp³-hybridized carbons (Fsp3) is 0. The first kappa shape index (κ1) is 15.2. The summed E-state index contributed by atoms with van der Waals surface area (Å²) in [6.07, 6.45) is 0. The van der Waals surface area contributed by atoms with E-state index in [0.717, 1.165) is 31.9 Å². The van der Waals surface area contributed by atoms with Crippen LogP contribution in [-0.4, -0.2) is 0 Å². The molecule has 0 fully saturated rings. The summed E-state index contributed by atoms with van der Waals surface area (Å²) in [5.74, 6) is 0. The molecule has 0 unspecified atom stereocenters. The van der Waals surface area contributed by atoms with Crippen molar-refractivity contribution in [1.82, 2.24) is 0 Å². The Morgan fingerprint density at radius 1 is 0.583 bits per heavy atom. The molecular weight excluding hydrogens is 332 g/mol. The van der Waals surface area contributed by atoms with Crippen LogP contribution in [0.15, 0.2) is 82.6 Å². The lowest BCUT2D eigenvalue weighted by Crippen LogP contribution is -1.91. The van der Waals surface area contributed by atoms with E-state index in [1.807, 2.05) is 30.3 Å². The molecule has 0 saturated heterocycles. The van der Waals surface area contributed by atoms with Gasteiger partial charge in [0.1, 0.15) is 0 Å². The van der Waals surface area contributed by atoms with Gasteiger partial charge in [0.15, 0.2) is 0 Å². The Morgan fingerprint density at radius 3 is 2.00 bits per heavy atom. The number of hydrogen-bond acceptors (Lipinski definition) is 4. The molecule has 0 atom stereocenters. The van der Waals surface area contributed by atoms with Gasteiger partial charge >= 0.3 is 0 Å². The summed E-state index contributed by atoms with van der Waals surface area (Å²) >= 11 is 0. The molecule has 0 aliphatic rings. The van der Waals surface area contributed by atoms with E-state index in [4.69, 9.17) is 11.5 Å². The maximum absolute atomic E-state index is 6.37. The Morgan fingerprint density at radius 2 is 1.21 bits per heavy atom. The lowest BCUT2D eigenvalue weighted by Gasteiger charge is -2.11. The molecule has 4 aromatic rings. The molecule has 0 saturated carbocycles. The number of benzene rings is 4. The van der Waals surface area contributed by atoms with Crippen LogP contribution in [-0.2, 0) is 0 Å². The van der Waals surface area contributed by atoms with E-state index < -0.39 is 0 Å². The van der Waals surface area contributed by atoms with E-state index in [9.17, 15) is 0 Å². The largest absolute Gasteiger partial charge is 0.398 e. The summed E-state index contributed by atoms with van der Waals surface area (Å²) in [7, 11) is 3.32. The molecule has 4 rings (SSSR count). The molecule has 0 aliphatic carbocycles. The summed E-state index contributed by atoms with van der Waals surface area (Å²) in [6, 6.07) is 24.7. The van der Waals surface area contributed by atoms with Gasteiger partial charge in [0.05, 0.1) is 5.69 Å². The molecule has 2 nitrogen and oxygen atoms in total. The Bertz CT molecular complexity index is 1040. The summed E-state index contributed by atoms with van der Waals surface area (Å²) in [5.41, 5.74) is 14.2. The molecule has 0 spiro atoms. The van der Waals surface area contributed by atoms with Crippen molar-refractivity contribution in [2.24, 2.45) is 0 Å². The summed E-state index contributed by atoms with van der Waals surface area (Å²) in [4.78, 5) is 2.15. The molecule has 0 heterocycles. The van der Waals surface area contributed by atoms with Crippen LogP contribution in [0, 0.1) is 0 Å². The average molecular weight is 348 g/mol. The van der Waals surface area contributed by atoms with Crippen molar-refractivity contribution in [3.63, 3.8) is 0 Å². The van der Waals surface area contributed by atoms with Crippen LogP contribution >= 0.6 is 21.6 Å². The second-order valence-corrected chi connectivity index (χ2v) is 7.75. The first-order valence-electron chi connectivity index (χ1n) is 7.63. The fourth-order valence-corrected chi connectivity index (χ4v) is 5.24. The first-order chi connectivity index (χ1) is 11.7. The Kier molecular flexibility index (Phi) is 4.00. The average Bonchev–Trinajstić information content (AvgIpc) is 2.62. The van der Waals surface area contributed by atoms with E-state index in [2.05, 4.69) is 42.5 Å². The predicted octanol–water partition coefficient (Wildman–Crippen LogP) is 5.96. The highest BCUT2D eigenvalue weighted by Crippen LogP contribution is 2.46. The number of nitrogens with two attached hydrogens (primary N) is 2. The molecule has 4 aromatic carbocycles. The zero-order valence-corrected chi connectivity index (χ0v) is 14.5. The molecule has 0 aliphatic heterocycles. The van der Waals surface area contributed by atoms with Gasteiger partial charge in [0, 0.05) is 20.9 Å². The van der Waals surface area contributed by atoms with Gasteiger partial charge in [-0.3, -0.25) is 0 Å². The van der Waals surface area contributed by atoms with E-state index in [0.29, 0.717) is 0 Å². The highest BCUT2D eigenvalue weighted by atomic mass is 33.1. The summed E-state index contributed by atoms with van der Waals surface area (Å²) in [5, 5.41) is 4.62. The van der Waals surface area contributed by atoms with Crippen LogP contribution < -0.4 is 11.5 Å². The number of nitrogen functional groups attached to an aromatic ring is 2. The molecule has 24 heavy (non-hydrogen) atoms. The van der Waals surface area contributed by atoms with Crippen molar-refractivity contribution in [3.05, 3.63) is 72.8 Å². The molecule has 4 heteroatoms. The molecule has 0 bridgehead atoms. The van der Waals surface area contributed by atoms with Crippen LogP contribution in [0.2, 0.25) is 0 Å². The van der Waals surface area contributed by atoms with Gasteiger partial charge in [0.2, 0.25) is 0 Å². The topological polar surface area (TPSA) is 52.0 Å². The standard InChI is InChI=1S/C20H16N2S2/c21-17-11-9-14-6-2-4-8-16(14)20(17)24-23-18-12-10-13-5-1-3-7-15(13)19(18)22/h1-12H,21-22H2. The SMILES string of the molecule is Nc1ccc2ccccc2c1SSc1ccc2ccccc2c1N. The van der Waals surface area contributed by atoms with Crippen molar-refractivity contribution in [2.45, 2.75) is 9.79 Å². The lowest BCUT2D eigenvalue weighted by molar-refractivity contribution is 1.51. The molecule has 118 valence electrons. The molecule has 0 amide bonds. The number of anilines is 2. The van der Waals surface area contributed by atoms with Gasteiger partial charge in [-0.1, -0.05) is 71.5 Å². The maximum atomic E-state index is 6.37. The first-order valence-corrected chi connectivity index (χ1v) is 9.78. The van der Waals surface area contributed by atoms with Crippen molar-refractivity contribution in [2.75, 3.05) is 11.5 Å². The van der Waals surface area contributed by atoms with Crippen molar-refractivity contribution < 1.29 is 0 Å². The summed E-state index contributed by atoms with van der Waals surface area (Å²) in [6.45, 7) is 0. The number of fused-ring (bicyclic) bond motifs is 2. The number of hydrogen-bond donors (Lipinski definition) is 2. The summed E-state index contributed by atoms with van der Waals surface area (Å²) < 4.78 is 0. The lowest BCUT2D eigenvalue weighted by atomic mass is 10.1. The zero-order chi connectivity index (χ0) is 16.5. The monoisotopic (exact) mass is 348 g/mol. The van der Waals surface area contributed by atoms with Gasteiger partial charge in [-0.2, -0.15) is 0 Å². The van der Waals surface area contributed by atoms with Crippen LogP contribution in [0.5, 0.6) is 0 Å². The second-order valence-electron chi connectivity index (χ2n) is 5.57. The minimum absolute atomic E-state index is 0.797. The zero-order valence-electron chi connectivity index (χ0n) is 12.9. The fourth-order valence-electron chi connectivity index (χ4n) is 2.79. The van der Waals surface area contributed by atoms with E-state index in [1.54, 1.807) is 21.6 Å². The quantitative estimate of drug-likeness (QED) is 0.354. The van der Waals surface area contributed by atoms with Gasteiger partial charge < -0.3 is 11.5 Å². The van der Waals surface area contributed by atoms with Crippen molar-refractivity contribution in [1.29, 1.82) is 0 Å². The maximum Gasteiger partial charge on any atom is 0.0540 e. The van der Waals surface area contributed by atoms with Crippen molar-refractivity contribution in [3.8, 4) is 0 Å². The van der Waals surface area contributed by atoms with E-state index in [-0.39, 0.29) is 0 Å². The Balaban J connectivity index is 1.71.